The van der Waals surface area contributed by atoms with E-state index in [1.807, 2.05) is 0 Å². The summed E-state index contributed by atoms with van der Waals surface area (Å²) < 4.78 is 31.6. The molecular formula is C20H19ClF2N2O5. The Balaban J connectivity index is 2.73. The van der Waals surface area contributed by atoms with Gasteiger partial charge in [-0.2, -0.15) is 0 Å². The van der Waals surface area contributed by atoms with Crippen LogP contribution in [0, 0.1) is 5.41 Å². The summed E-state index contributed by atoms with van der Waals surface area (Å²) in [4.78, 5) is 24.1. The van der Waals surface area contributed by atoms with Crippen LogP contribution in [-0.4, -0.2) is 40.0 Å². The number of benzene rings is 1. The van der Waals surface area contributed by atoms with Crippen LogP contribution in [0.5, 0.6) is 5.75 Å². The maximum Gasteiger partial charge on any atom is 0.326 e. The van der Waals surface area contributed by atoms with Crippen molar-refractivity contribution in [2.75, 3.05) is 7.11 Å². The zero-order valence-electron chi connectivity index (χ0n) is 16.0. The predicted octanol–water partition coefficient (Wildman–Crippen LogP) is 4.29. The van der Waals surface area contributed by atoms with Gasteiger partial charge in [0.1, 0.15) is 11.8 Å². The number of aliphatic hydroxyl groups is 1. The van der Waals surface area contributed by atoms with Crippen molar-refractivity contribution in [2.45, 2.75) is 25.8 Å². The van der Waals surface area contributed by atoms with Crippen molar-refractivity contribution < 1.29 is 28.5 Å². The monoisotopic (exact) mass is 440 g/mol. The highest BCUT2D eigenvalue weighted by Crippen LogP contribution is 2.34. The van der Waals surface area contributed by atoms with Crippen LogP contribution in [0.2, 0.25) is 5.02 Å². The van der Waals surface area contributed by atoms with Crippen LogP contribution in [0.1, 0.15) is 24.9 Å². The van der Waals surface area contributed by atoms with E-state index in [1.165, 1.54) is 31.5 Å². The molecule has 0 saturated heterocycles. The molecule has 7 nitrogen and oxygen atoms in total. The van der Waals surface area contributed by atoms with Crippen molar-refractivity contribution in [1.29, 1.82) is 5.41 Å². The summed E-state index contributed by atoms with van der Waals surface area (Å²) in [6.45, 7) is 1.61. The summed E-state index contributed by atoms with van der Waals surface area (Å²) >= 11 is 6.05. The van der Waals surface area contributed by atoms with E-state index in [0.29, 0.717) is 6.08 Å². The van der Waals surface area contributed by atoms with Crippen molar-refractivity contribution in [1.82, 2.24) is 4.57 Å². The number of carbonyl (C=O) groups is 1. The van der Waals surface area contributed by atoms with Crippen LogP contribution in [0.3, 0.4) is 0 Å². The van der Waals surface area contributed by atoms with Crippen molar-refractivity contribution in [3.63, 3.8) is 0 Å². The highest BCUT2D eigenvalue weighted by Gasteiger charge is 2.22. The van der Waals surface area contributed by atoms with Gasteiger partial charge in [-0.1, -0.05) is 24.6 Å². The Bertz CT molecular complexity index is 1070. The lowest BCUT2D eigenvalue weighted by Gasteiger charge is -2.18. The quantitative estimate of drug-likeness (QED) is 0.418. The third-order valence-electron chi connectivity index (χ3n) is 4.35. The zero-order valence-corrected chi connectivity index (χ0v) is 16.8. The Kier molecular flexibility index (Phi) is 7.33. The van der Waals surface area contributed by atoms with E-state index >= 15 is 0 Å². The smallest absolute Gasteiger partial charge is 0.326 e. The van der Waals surface area contributed by atoms with Crippen molar-refractivity contribution in [3.05, 3.63) is 63.2 Å². The molecule has 0 radical (unpaired) electrons. The minimum absolute atomic E-state index is 0.104. The highest BCUT2D eigenvalue weighted by molar-refractivity contribution is 6.31. The lowest BCUT2D eigenvalue weighted by atomic mass is 9.96. The molecule has 2 aromatic rings. The molecule has 0 saturated carbocycles. The summed E-state index contributed by atoms with van der Waals surface area (Å²) in [6.07, 6.45) is -1.16. The zero-order chi connectivity index (χ0) is 22.6. The van der Waals surface area contributed by atoms with E-state index in [1.54, 1.807) is 6.92 Å². The summed E-state index contributed by atoms with van der Waals surface area (Å²) in [5.74, 6) is -2.35. The number of alkyl halides is 2. The largest absolute Gasteiger partial charge is 0.506 e. The number of carboxylic acid groups (broad SMARTS) is 1. The number of aliphatic hydroxyl groups excluding tert-OH is 1. The van der Waals surface area contributed by atoms with E-state index in [4.69, 9.17) is 21.7 Å². The van der Waals surface area contributed by atoms with E-state index in [2.05, 4.69) is 0 Å². The lowest BCUT2D eigenvalue weighted by Crippen LogP contribution is -2.29. The molecule has 0 aliphatic heterocycles. The number of rotatable bonds is 8. The number of methoxy groups -OCH3 is 1. The lowest BCUT2D eigenvalue weighted by molar-refractivity contribution is -0.141. The second kappa shape index (κ2) is 9.53. The molecule has 1 atom stereocenters. The summed E-state index contributed by atoms with van der Waals surface area (Å²) in [5.41, 5.74) is -0.570. The standard InChI is InChI=1S/C20H19ClF2N2O5/c1-3-15(20(28)29)25-9-17(30-2)13(7-18(25)27)12-6-10(21)4-5-11(12)14(24)8-16(26)19(22)23/h4-9,15,19,24,26H,3H2,1-2H3,(H,28,29)/b16-8-,24-14?. The molecule has 0 spiro atoms. The predicted molar refractivity (Wildman–Crippen MR) is 108 cm³/mol. The van der Waals surface area contributed by atoms with Gasteiger partial charge in [0.05, 0.1) is 19.0 Å². The fourth-order valence-corrected chi connectivity index (χ4v) is 3.07. The average Bonchev–Trinajstić information content (AvgIpc) is 2.68. The second-order valence-corrected chi connectivity index (χ2v) is 6.67. The summed E-state index contributed by atoms with van der Waals surface area (Å²) in [5, 5.41) is 27.0. The topological polar surface area (TPSA) is 113 Å². The van der Waals surface area contributed by atoms with Gasteiger partial charge in [0, 0.05) is 28.3 Å². The van der Waals surface area contributed by atoms with Gasteiger partial charge < -0.3 is 20.4 Å². The molecule has 30 heavy (non-hydrogen) atoms. The number of carboxylic acids is 1. The second-order valence-electron chi connectivity index (χ2n) is 6.24. The first-order valence-electron chi connectivity index (χ1n) is 8.71. The molecule has 1 aromatic carbocycles. The first-order chi connectivity index (χ1) is 14.1. The Labute approximate surface area is 175 Å². The Morgan fingerprint density at radius 3 is 2.50 bits per heavy atom. The fraction of sp³-hybridized carbons (Fsp3) is 0.250. The molecule has 0 fully saturated rings. The van der Waals surface area contributed by atoms with Gasteiger partial charge in [-0.3, -0.25) is 9.36 Å². The summed E-state index contributed by atoms with van der Waals surface area (Å²) in [6, 6.07) is 4.24. The molecule has 1 heterocycles. The van der Waals surface area contributed by atoms with Gasteiger partial charge in [0.15, 0.2) is 5.76 Å². The molecule has 0 aliphatic carbocycles. The Morgan fingerprint density at radius 1 is 1.30 bits per heavy atom. The maximum atomic E-state index is 12.6. The SMILES string of the molecule is CCC(C(=O)O)n1cc(OC)c(-c2cc(Cl)ccc2C(=N)/C=C(\O)C(F)F)cc1=O. The Morgan fingerprint density at radius 2 is 1.97 bits per heavy atom. The van der Waals surface area contributed by atoms with Crippen LogP contribution in [0.4, 0.5) is 8.78 Å². The molecular weight excluding hydrogens is 422 g/mol. The Hall–Kier alpha value is -3.20. The van der Waals surface area contributed by atoms with Gasteiger partial charge in [-0.25, -0.2) is 13.6 Å². The number of ether oxygens (including phenoxy) is 1. The first kappa shape index (κ1) is 23.1. The summed E-state index contributed by atoms with van der Waals surface area (Å²) in [7, 11) is 1.31. The van der Waals surface area contributed by atoms with Gasteiger partial charge in [-0.15, -0.1) is 0 Å². The molecule has 0 bridgehead atoms. The third kappa shape index (κ3) is 4.85. The number of allylic oxidation sites excluding steroid dienone is 2. The van der Waals surface area contributed by atoms with Crippen LogP contribution in [0.25, 0.3) is 11.1 Å². The van der Waals surface area contributed by atoms with Crippen molar-refractivity contribution in [2.24, 2.45) is 0 Å². The van der Waals surface area contributed by atoms with Gasteiger partial charge in [0.25, 0.3) is 12.0 Å². The van der Waals surface area contributed by atoms with Crippen LogP contribution >= 0.6 is 11.6 Å². The average molecular weight is 441 g/mol. The van der Waals surface area contributed by atoms with Gasteiger partial charge in [-0.05, 0) is 24.1 Å². The van der Waals surface area contributed by atoms with Crippen LogP contribution < -0.4 is 10.3 Å². The van der Waals surface area contributed by atoms with E-state index < -0.39 is 35.5 Å². The van der Waals surface area contributed by atoms with Crippen LogP contribution in [0.15, 0.2) is 47.1 Å². The van der Waals surface area contributed by atoms with Crippen molar-refractivity contribution in [3.8, 4) is 16.9 Å². The normalized spacial score (nSPS) is 12.7. The number of aliphatic carboxylic acids is 1. The minimum atomic E-state index is -3.15. The molecule has 160 valence electrons. The molecule has 0 aliphatic rings. The number of hydrogen-bond acceptors (Lipinski definition) is 5. The number of pyridine rings is 1. The fourth-order valence-electron chi connectivity index (χ4n) is 2.90. The molecule has 1 unspecified atom stereocenters. The van der Waals surface area contributed by atoms with Crippen LogP contribution in [-0.2, 0) is 4.79 Å². The van der Waals surface area contributed by atoms with Gasteiger partial charge in [0.2, 0.25) is 0 Å². The maximum absolute atomic E-state index is 12.6. The number of nitrogens with one attached hydrogen (secondary N) is 1. The number of halogens is 3. The third-order valence-corrected chi connectivity index (χ3v) is 4.58. The molecule has 3 N–H and O–H groups in total. The first-order valence-corrected chi connectivity index (χ1v) is 9.09. The number of nitrogens with zero attached hydrogens (tertiary/aromatic N) is 1. The molecule has 0 amide bonds. The van der Waals surface area contributed by atoms with E-state index in [9.17, 15) is 28.6 Å². The van der Waals surface area contributed by atoms with Crippen molar-refractivity contribution >= 4 is 23.3 Å². The van der Waals surface area contributed by atoms with Gasteiger partial charge >= 0.3 is 5.97 Å². The molecule has 2 rings (SSSR count). The highest BCUT2D eigenvalue weighted by atomic mass is 35.5. The van der Waals surface area contributed by atoms with E-state index in [0.717, 1.165) is 10.6 Å². The van der Waals surface area contributed by atoms with E-state index in [-0.39, 0.29) is 33.9 Å². The number of hydrogen-bond donors (Lipinski definition) is 3. The minimum Gasteiger partial charge on any atom is -0.506 e. The molecule has 1 aromatic heterocycles. The molecule has 10 heteroatoms. The number of aromatic nitrogens is 1.